The first-order chi connectivity index (χ1) is 17.5. The van der Waals surface area contributed by atoms with Crippen LogP contribution < -0.4 is 0 Å². The molecule has 0 bridgehead atoms. The molecule has 8 rings (SSSR count). The highest BCUT2D eigenvalue weighted by molar-refractivity contribution is 6.22. The summed E-state index contributed by atoms with van der Waals surface area (Å²) in [6.45, 7) is 4.59. The number of fused-ring (bicyclic) bond motifs is 10. The zero-order chi connectivity index (χ0) is 24.2. The van der Waals surface area contributed by atoms with E-state index in [1.54, 1.807) is 0 Å². The van der Waals surface area contributed by atoms with Gasteiger partial charge in [-0.05, 0) is 70.8 Å². The van der Waals surface area contributed by atoms with E-state index in [0.29, 0.717) is 0 Å². The second kappa shape index (κ2) is 6.64. The molecule has 0 atom stereocenters. The molecule has 0 fully saturated rings. The Morgan fingerprint density at radius 1 is 0.667 bits per heavy atom. The molecule has 0 saturated heterocycles. The monoisotopic (exact) mass is 467 g/mol. The van der Waals surface area contributed by atoms with E-state index in [4.69, 9.17) is 4.42 Å². The molecule has 0 amide bonds. The normalized spacial score (nSPS) is 14.2. The van der Waals surface area contributed by atoms with Crippen LogP contribution in [0.25, 0.3) is 60.6 Å². The third-order valence-electron chi connectivity index (χ3n) is 8.06. The lowest BCUT2D eigenvalue weighted by Gasteiger charge is -2.21. The van der Waals surface area contributed by atoms with E-state index in [1.165, 1.54) is 39.8 Å². The Morgan fingerprint density at radius 2 is 1.42 bits per heavy atom. The summed E-state index contributed by atoms with van der Waals surface area (Å²) in [5.74, 6) is -0.245. The van der Waals surface area contributed by atoms with Crippen LogP contribution in [-0.2, 0) is 5.41 Å². The predicted octanol–water partition coefficient (Wildman–Crippen LogP) is 9.13. The minimum atomic E-state index is -0.245. The topological polar surface area (TPSA) is 18.1 Å². The molecule has 36 heavy (non-hydrogen) atoms. The van der Waals surface area contributed by atoms with Crippen molar-refractivity contribution in [2.75, 3.05) is 0 Å². The van der Waals surface area contributed by atoms with E-state index in [0.717, 1.165) is 44.0 Å². The zero-order valence-electron chi connectivity index (χ0n) is 20.0. The molecule has 0 unspecified atom stereocenters. The molecule has 3 heteroatoms. The van der Waals surface area contributed by atoms with E-state index < -0.39 is 0 Å². The molecule has 0 radical (unpaired) electrons. The van der Waals surface area contributed by atoms with E-state index >= 15 is 0 Å². The van der Waals surface area contributed by atoms with E-state index in [-0.39, 0.29) is 11.2 Å². The zero-order valence-corrected chi connectivity index (χ0v) is 20.0. The van der Waals surface area contributed by atoms with Crippen molar-refractivity contribution in [3.8, 4) is 16.8 Å². The molecule has 2 heterocycles. The first kappa shape index (κ1) is 19.9. The van der Waals surface area contributed by atoms with Crippen molar-refractivity contribution in [1.82, 2.24) is 4.57 Å². The first-order valence-corrected chi connectivity index (χ1v) is 12.3. The van der Waals surface area contributed by atoms with Crippen molar-refractivity contribution in [3.05, 3.63) is 114 Å². The second-order valence-electron chi connectivity index (χ2n) is 10.3. The maximum atomic E-state index is 14.0. The summed E-state index contributed by atoms with van der Waals surface area (Å²) in [6, 6.07) is 32.7. The van der Waals surface area contributed by atoms with Crippen LogP contribution >= 0.6 is 0 Å². The minimum Gasteiger partial charge on any atom is -0.454 e. The van der Waals surface area contributed by atoms with Crippen LogP contribution in [0.1, 0.15) is 25.0 Å². The molecule has 0 spiro atoms. The van der Waals surface area contributed by atoms with Crippen molar-refractivity contribution >= 4 is 43.7 Å². The molecule has 1 aliphatic rings. The van der Waals surface area contributed by atoms with Gasteiger partial charge in [0, 0.05) is 32.6 Å². The number of benzene rings is 5. The number of rotatable bonds is 1. The summed E-state index contributed by atoms with van der Waals surface area (Å²) in [5, 5.41) is 4.49. The standard InChI is InChI=1S/C33H22FNO/c1-33(2)27-9-5-3-7-21(27)25-17-26-23-15-16-24-22-8-4-6-10-30(22)36-32(24)31(23)35(29(26)18-28(25)33)20-13-11-19(34)12-14-20/h3-18H,1-2H3. The van der Waals surface area contributed by atoms with E-state index in [2.05, 4.69) is 73.0 Å². The molecule has 2 aromatic heterocycles. The van der Waals surface area contributed by atoms with Gasteiger partial charge in [-0.1, -0.05) is 62.4 Å². The van der Waals surface area contributed by atoms with Crippen molar-refractivity contribution in [2.45, 2.75) is 19.3 Å². The maximum absolute atomic E-state index is 14.0. The van der Waals surface area contributed by atoms with Crippen LogP contribution in [-0.4, -0.2) is 4.57 Å². The van der Waals surface area contributed by atoms with Gasteiger partial charge in [0.2, 0.25) is 0 Å². The quantitative estimate of drug-likeness (QED) is 0.235. The van der Waals surface area contributed by atoms with E-state index in [1.807, 2.05) is 30.3 Å². The third kappa shape index (κ3) is 2.40. The van der Waals surface area contributed by atoms with Crippen molar-refractivity contribution in [2.24, 2.45) is 0 Å². The van der Waals surface area contributed by atoms with Gasteiger partial charge in [0.25, 0.3) is 0 Å². The van der Waals surface area contributed by atoms with Crippen LogP contribution in [0.2, 0.25) is 0 Å². The van der Waals surface area contributed by atoms with Gasteiger partial charge in [-0.3, -0.25) is 0 Å². The molecule has 7 aromatic rings. The molecular weight excluding hydrogens is 445 g/mol. The van der Waals surface area contributed by atoms with Crippen LogP contribution in [0, 0.1) is 5.82 Å². The average molecular weight is 468 g/mol. The fourth-order valence-corrected chi connectivity index (χ4v) is 6.33. The molecule has 172 valence electrons. The summed E-state index contributed by atoms with van der Waals surface area (Å²) in [4.78, 5) is 0. The van der Waals surface area contributed by atoms with E-state index in [9.17, 15) is 4.39 Å². The third-order valence-corrected chi connectivity index (χ3v) is 8.06. The van der Waals surface area contributed by atoms with Gasteiger partial charge in [-0.15, -0.1) is 0 Å². The highest BCUT2D eigenvalue weighted by Gasteiger charge is 2.36. The first-order valence-electron chi connectivity index (χ1n) is 12.3. The van der Waals surface area contributed by atoms with Gasteiger partial charge < -0.3 is 8.98 Å². The highest BCUT2D eigenvalue weighted by Crippen LogP contribution is 2.51. The van der Waals surface area contributed by atoms with Crippen molar-refractivity contribution in [3.63, 3.8) is 0 Å². The summed E-state index contributed by atoms with van der Waals surface area (Å²) < 4.78 is 22.7. The van der Waals surface area contributed by atoms with Gasteiger partial charge in [0.1, 0.15) is 11.4 Å². The molecule has 0 saturated carbocycles. The lowest BCUT2D eigenvalue weighted by Crippen LogP contribution is -2.14. The Labute approximate surface area is 207 Å². The molecule has 5 aromatic carbocycles. The summed E-state index contributed by atoms with van der Waals surface area (Å²) in [5.41, 5.74) is 9.88. The lowest BCUT2D eigenvalue weighted by molar-refractivity contribution is 0.627. The number of para-hydroxylation sites is 1. The Bertz CT molecular complexity index is 2020. The summed E-state index contributed by atoms with van der Waals surface area (Å²) >= 11 is 0. The Hall–Kier alpha value is -4.37. The fourth-order valence-electron chi connectivity index (χ4n) is 6.33. The molecule has 1 aliphatic carbocycles. The number of hydrogen-bond acceptors (Lipinski definition) is 1. The van der Waals surface area contributed by atoms with Crippen molar-refractivity contribution < 1.29 is 8.81 Å². The minimum absolute atomic E-state index is 0.112. The van der Waals surface area contributed by atoms with Crippen LogP contribution in [0.4, 0.5) is 4.39 Å². The Morgan fingerprint density at radius 3 is 2.28 bits per heavy atom. The molecular formula is C33H22FNO. The summed E-state index contributed by atoms with van der Waals surface area (Å²) in [6.07, 6.45) is 0. The smallest absolute Gasteiger partial charge is 0.160 e. The fraction of sp³-hybridized carbons (Fsp3) is 0.0909. The second-order valence-corrected chi connectivity index (χ2v) is 10.3. The average Bonchev–Trinajstić information content (AvgIpc) is 3.50. The van der Waals surface area contributed by atoms with Crippen LogP contribution in [0.15, 0.2) is 101 Å². The number of aromatic nitrogens is 1. The molecule has 0 N–H and O–H groups in total. The predicted molar refractivity (Wildman–Crippen MR) is 146 cm³/mol. The molecule has 0 aliphatic heterocycles. The van der Waals surface area contributed by atoms with Crippen molar-refractivity contribution in [1.29, 1.82) is 0 Å². The maximum Gasteiger partial charge on any atom is 0.160 e. The summed E-state index contributed by atoms with van der Waals surface area (Å²) in [7, 11) is 0. The van der Waals surface area contributed by atoms with Crippen LogP contribution in [0.5, 0.6) is 0 Å². The number of halogens is 1. The lowest BCUT2D eigenvalue weighted by atomic mass is 9.82. The van der Waals surface area contributed by atoms with Gasteiger partial charge in [0.15, 0.2) is 5.58 Å². The Balaban J connectivity index is 1.59. The SMILES string of the molecule is CC1(C)c2ccccc2-c2cc3c4ccc5c6ccccc6oc5c4n(-c4ccc(F)cc4)c3cc21. The Kier molecular flexibility index (Phi) is 3.67. The molecule has 2 nitrogen and oxygen atoms in total. The van der Waals surface area contributed by atoms with Gasteiger partial charge in [0.05, 0.1) is 11.0 Å². The van der Waals surface area contributed by atoms with Gasteiger partial charge in [-0.25, -0.2) is 4.39 Å². The number of furan rings is 1. The number of hydrogen-bond donors (Lipinski definition) is 0. The highest BCUT2D eigenvalue weighted by atomic mass is 19.1. The van der Waals surface area contributed by atoms with Gasteiger partial charge >= 0.3 is 0 Å². The van der Waals surface area contributed by atoms with Gasteiger partial charge in [-0.2, -0.15) is 0 Å². The number of nitrogens with zero attached hydrogens (tertiary/aromatic N) is 1. The van der Waals surface area contributed by atoms with Crippen LogP contribution in [0.3, 0.4) is 0 Å². The largest absolute Gasteiger partial charge is 0.454 e.